The van der Waals surface area contributed by atoms with Crippen LogP contribution in [0.15, 0.2) is 24.3 Å². The summed E-state index contributed by atoms with van der Waals surface area (Å²) in [5, 5.41) is 10.4. The fraction of sp³-hybridized carbons (Fsp3) is 0.500. The first-order valence-corrected chi connectivity index (χ1v) is 7.15. The molecule has 0 spiro atoms. The van der Waals surface area contributed by atoms with Crippen molar-refractivity contribution >= 4 is 11.8 Å². The maximum Gasteiger partial charge on any atom is 0.255 e. The van der Waals surface area contributed by atoms with E-state index < -0.39 is 11.5 Å². The predicted octanol–water partition coefficient (Wildman–Crippen LogP) is 0.784. The van der Waals surface area contributed by atoms with Gasteiger partial charge in [-0.15, -0.1) is 0 Å². The molecule has 22 heavy (non-hydrogen) atoms. The van der Waals surface area contributed by atoms with E-state index in [1.807, 2.05) is 13.8 Å². The van der Waals surface area contributed by atoms with Gasteiger partial charge in [0.05, 0.1) is 12.1 Å². The average molecular weight is 306 g/mol. The molecular weight excluding hydrogens is 284 g/mol. The van der Waals surface area contributed by atoms with E-state index in [2.05, 4.69) is 0 Å². The molecule has 0 bridgehead atoms. The smallest absolute Gasteiger partial charge is 0.255 e. The Balaban J connectivity index is 2.06. The highest BCUT2D eigenvalue weighted by Gasteiger charge is 2.49. The number of β-amino-alcohol motifs (C(OH)–C–C–N with tert-alkyl or cyclic N) is 1. The molecule has 0 radical (unpaired) electrons. The third-order valence-corrected chi connectivity index (χ3v) is 4.31. The number of carbonyl (C=O) groups excluding carboxylic acids is 2. The van der Waals surface area contributed by atoms with Crippen LogP contribution in [-0.2, 0) is 4.79 Å². The van der Waals surface area contributed by atoms with Gasteiger partial charge in [-0.3, -0.25) is 9.59 Å². The molecular formula is C16H22N2O4. The zero-order valence-corrected chi connectivity index (χ0v) is 13.1. The van der Waals surface area contributed by atoms with Gasteiger partial charge in [0.1, 0.15) is 5.75 Å². The summed E-state index contributed by atoms with van der Waals surface area (Å²) in [6.45, 7) is 6.25. The molecule has 1 aliphatic heterocycles. The van der Waals surface area contributed by atoms with E-state index >= 15 is 0 Å². The van der Waals surface area contributed by atoms with Crippen LogP contribution in [0.4, 0.5) is 0 Å². The van der Waals surface area contributed by atoms with E-state index in [0.29, 0.717) is 24.4 Å². The summed E-state index contributed by atoms with van der Waals surface area (Å²) in [5.74, 6) is -0.210. The average Bonchev–Trinajstić information content (AvgIpc) is 2.65. The molecule has 2 amide bonds. The molecule has 1 atom stereocenters. The Morgan fingerprint density at radius 1 is 1.23 bits per heavy atom. The number of rotatable bonds is 4. The van der Waals surface area contributed by atoms with Gasteiger partial charge in [-0.2, -0.15) is 0 Å². The van der Waals surface area contributed by atoms with E-state index in [0.717, 1.165) is 0 Å². The van der Waals surface area contributed by atoms with Crippen LogP contribution < -0.4 is 10.5 Å². The number of nitrogens with two attached hydrogens (primary N) is 1. The van der Waals surface area contributed by atoms with Crippen LogP contribution in [0, 0.1) is 5.41 Å². The Morgan fingerprint density at radius 2 is 1.82 bits per heavy atom. The zero-order chi connectivity index (χ0) is 16.5. The molecule has 1 fully saturated rings. The van der Waals surface area contributed by atoms with Gasteiger partial charge < -0.3 is 20.5 Å². The van der Waals surface area contributed by atoms with Crippen LogP contribution in [0.5, 0.6) is 5.75 Å². The SMILES string of the molecule is CC1(C)CN(C(=O)c2ccc(OCC(N)=O)cc2)C[C@@]1(C)O. The Kier molecular flexibility index (Phi) is 4.15. The van der Waals surface area contributed by atoms with Crippen LogP contribution in [0.25, 0.3) is 0 Å². The van der Waals surface area contributed by atoms with Crippen molar-refractivity contribution in [3.05, 3.63) is 29.8 Å². The van der Waals surface area contributed by atoms with E-state index in [-0.39, 0.29) is 17.9 Å². The number of hydrogen-bond donors (Lipinski definition) is 2. The molecule has 3 N–H and O–H groups in total. The molecule has 6 nitrogen and oxygen atoms in total. The van der Waals surface area contributed by atoms with E-state index in [9.17, 15) is 14.7 Å². The van der Waals surface area contributed by atoms with Crippen molar-refractivity contribution in [3.63, 3.8) is 0 Å². The van der Waals surface area contributed by atoms with Gasteiger partial charge in [0, 0.05) is 17.5 Å². The normalized spacial score (nSPS) is 23.4. The molecule has 1 aliphatic rings. The number of benzene rings is 1. The molecule has 0 saturated carbocycles. The van der Waals surface area contributed by atoms with Gasteiger partial charge in [-0.1, -0.05) is 13.8 Å². The van der Waals surface area contributed by atoms with Crippen molar-refractivity contribution in [2.24, 2.45) is 11.1 Å². The Hall–Kier alpha value is -2.08. The zero-order valence-electron chi connectivity index (χ0n) is 13.1. The third kappa shape index (κ3) is 3.22. The summed E-state index contributed by atoms with van der Waals surface area (Å²) < 4.78 is 5.15. The maximum absolute atomic E-state index is 12.5. The molecule has 0 aliphatic carbocycles. The minimum Gasteiger partial charge on any atom is -0.484 e. The van der Waals surface area contributed by atoms with Gasteiger partial charge in [0.25, 0.3) is 11.8 Å². The molecule has 6 heteroatoms. The predicted molar refractivity (Wildman–Crippen MR) is 81.4 cm³/mol. The van der Waals surface area contributed by atoms with E-state index in [1.165, 1.54) is 0 Å². The van der Waals surface area contributed by atoms with Crippen LogP contribution in [0.2, 0.25) is 0 Å². The van der Waals surface area contributed by atoms with Gasteiger partial charge in [-0.05, 0) is 31.2 Å². The molecule has 0 aromatic heterocycles. The molecule has 1 aromatic rings. The summed E-state index contributed by atoms with van der Waals surface area (Å²) in [7, 11) is 0. The number of ether oxygens (including phenoxy) is 1. The van der Waals surface area contributed by atoms with Crippen LogP contribution in [0.3, 0.4) is 0 Å². The summed E-state index contributed by atoms with van der Waals surface area (Å²) in [5.41, 5.74) is 4.25. The summed E-state index contributed by atoms with van der Waals surface area (Å²) in [6.07, 6.45) is 0. The number of amides is 2. The minimum absolute atomic E-state index is 0.132. The van der Waals surface area contributed by atoms with E-state index in [4.69, 9.17) is 10.5 Å². The largest absolute Gasteiger partial charge is 0.484 e. The molecule has 1 saturated heterocycles. The number of aliphatic hydroxyl groups is 1. The lowest BCUT2D eigenvalue weighted by atomic mass is 9.79. The van der Waals surface area contributed by atoms with Gasteiger partial charge in [0.2, 0.25) is 0 Å². The Bertz CT molecular complexity index is 562. The first kappa shape index (κ1) is 16.3. The topological polar surface area (TPSA) is 92.9 Å². The van der Waals surface area contributed by atoms with Crippen molar-refractivity contribution in [2.45, 2.75) is 26.4 Å². The van der Waals surface area contributed by atoms with Crippen molar-refractivity contribution < 1.29 is 19.4 Å². The summed E-state index contributed by atoms with van der Waals surface area (Å²) in [6, 6.07) is 6.52. The standard InChI is InChI=1S/C16H22N2O4/c1-15(2)9-18(10-16(15,3)21)14(20)11-4-6-12(7-5-11)22-8-13(17)19/h4-7,21H,8-10H2,1-3H3,(H2,17,19)/t16-/m1/s1. The molecule has 1 aromatic carbocycles. The number of likely N-dealkylation sites (tertiary alicyclic amines) is 1. The number of carbonyl (C=O) groups is 2. The summed E-state index contributed by atoms with van der Waals surface area (Å²) >= 11 is 0. The van der Waals surface area contributed by atoms with Crippen LogP contribution in [0.1, 0.15) is 31.1 Å². The number of nitrogens with zero attached hydrogens (tertiary/aromatic N) is 1. The van der Waals surface area contributed by atoms with Crippen LogP contribution >= 0.6 is 0 Å². The molecule has 0 unspecified atom stereocenters. The van der Waals surface area contributed by atoms with Gasteiger partial charge in [0.15, 0.2) is 6.61 Å². The Morgan fingerprint density at radius 3 is 2.27 bits per heavy atom. The Labute approximate surface area is 129 Å². The lowest BCUT2D eigenvalue weighted by molar-refractivity contribution is -0.119. The van der Waals surface area contributed by atoms with Crippen LogP contribution in [-0.4, -0.2) is 47.1 Å². The second-order valence-electron chi connectivity index (χ2n) is 6.60. The highest BCUT2D eigenvalue weighted by Crippen LogP contribution is 2.38. The first-order valence-electron chi connectivity index (χ1n) is 7.15. The second-order valence-corrected chi connectivity index (χ2v) is 6.60. The number of hydrogen-bond acceptors (Lipinski definition) is 4. The van der Waals surface area contributed by atoms with Crippen molar-refractivity contribution in [2.75, 3.05) is 19.7 Å². The highest BCUT2D eigenvalue weighted by molar-refractivity contribution is 5.94. The first-order chi connectivity index (χ1) is 10.1. The van der Waals surface area contributed by atoms with Gasteiger partial charge >= 0.3 is 0 Å². The fourth-order valence-electron chi connectivity index (χ4n) is 2.46. The third-order valence-electron chi connectivity index (χ3n) is 4.31. The quantitative estimate of drug-likeness (QED) is 0.860. The van der Waals surface area contributed by atoms with Crippen molar-refractivity contribution in [3.8, 4) is 5.75 Å². The highest BCUT2D eigenvalue weighted by atomic mass is 16.5. The molecule has 120 valence electrons. The second kappa shape index (κ2) is 5.61. The summed E-state index contributed by atoms with van der Waals surface area (Å²) in [4.78, 5) is 24.8. The molecule has 2 rings (SSSR count). The monoisotopic (exact) mass is 306 g/mol. The van der Waals surface area contributed by atoms with E-state index in [1.54, 1.807) is 36.1 Å². The van der Waals surface area contributed by atoms with Crippen molar-refractivity contribution in [1.29, 1.82) is 0 Å². The maximum atomic E-state index is 12.5. The lowest BCUT2D eigenvalue weighted by Gasteiger charge is -2.30. The van der Waals surface area contributed by atoms with Crippen molar-refractivity contribution in [1.82, 2.24) is 4.90 Å². The molecule has 1 heterocycles. The fourth-order valence-corrected chi connectivity index (χ4v) is 2.46. The number of primary amides is 1. The lowest BCUT2D eigenvalue weighted by Crippen LogP contribution is -2.40. The minimum atomic E-state index is -0.910. The van der Waals surface area contributed by atoms with Gasteiger partial charge in [-0.25, -0.2) is 0 Å².